The van der Waals surface area contributed by atoms with E-state index >= 15 is 0 Å². The van der Waals surface area contributed by atoms with Gasteiger partial charge in [0.25, 0.3) is 0 Å². The summed E-state index contributed by atoms with van der Waals surface area (Å²) in [6, 6.07) is 8.41. The summed E-state index contributed by atoms with van der Waals surface area (Å²) in [4.78, 5) is 4.27. The normalized spacial score (nSPS) is 11.2. The van der Waals surface area contributed by atoms with E-state index in [2.05, 4.69) is 53.7 Å². The van der Waals surface area contributed by atoms with E-state index in [1.54, 1.807) is 7.11 Å². The van der Waals surface area contributed by atoms with Crippen LogP contribution < -0.4 is 10.6 Å². The predicted molar refractivity (Wildman–Crippen MR) is 105 cm³/mol. The molecule has 0 fully saturated rings. The standard InChI is InChI=1S/C17H29N3O.HI/c1-5-14(6-2)11-19-17(18-3)20-12-15-8-7-9-16(10-15)13-21-4;/h7-10,14H,5-6,11-13H2,1-4H3,(H2,18,19,20);1H. The number of nitrogens with zero attached hydrogens (tertiary/aromatic N) is 1. The SMILES string of the molecule is CCC(CC)CNC(=NC)NCc1cccc(COC)c1.I. The molecule has 0 atom stereocenters. The molecular formula is C17H30IN3O. The lowest BCUT2D eigenvalue weighted by Gasteiger charge is -2.17. The molecule has 0 spiro atoms. The van der Waals surface area contributed by atoms with E-state index in [0.29, 0.717) is 12.5 Å². The van der Waals surface area contributed by atoms with Crippen LogP contribution in [-0.4, -0.2) is 26.7 Å². The molecular weight excluding hydrogens is 389 g/mol. The Labute approximate surface area is 152 Å². The zero-order valence-corrected chi connectivity index (χ0v) is 16.5. The minimum atomic E-state index is 0. The lowest BCUT2D eigenvalue weighted by molar-refractivity contribution is 0.185. The highest BCUT2D eigenvalue weighted by atomic mass is 127. The van der Waals surface area contributed by atoms with Gasteiger partial charge in [0.2, 0.25) is 0 Å². The van der Waals surface area contributed by atoms with Crippen molar-refractivity contribution in [1.29, 1.82) is 0 Å². The quantitative estimate of drug-likeness (QED) is 0.385. The van der Waals surface area contributed by atoms with Crippen molar-refractivity contribution < 1.29 is 4.74 Å². The van der Waals surface area contributed by atoms with E-state index in [9.17, 15) is 0 Å². The Hall–Kier alpha value is -0.820. The Morgan fingerprint density at radius 3 is 2.45 bits per heavy atom. The number of ether oxygens (including phenoxy) is 1. The van der Waals surface area contributed by atoms with Gasteiger partial charge in [-0.3, -0.25) is 4.99 Å². The molecule has 2 N–H and O–H groups in total. The Morgan fingerprint density at radius 2 is 1.86 bits per heavy atom. The molecule has 22 heavy (non-hydrogen) atoms. The molecule has 0 bridgehead atoms. The van der Waals surface area contributed by atoms with Crippen molar-refractivity contribution in [3.63, 3.8) is 0 Å². The number of rotatable bonds is 8. The van der Waals surface area contributed by atoms with E-state index in [0.717, 1.165) is 19.0 Å². The van der Waals surface area contributed by atoms with Crippen LogP contribution in [0.3, 0.4) is 0 Å². The summed E-state index contributed by atoms with van der Waals surface area (Å²) in [5.74, 6) is 1.56. The molecule has 0 aliphatic rings. The van der Waals surface area contributed by atoms with E-state index in [1.807, 2.05) is 7.05 Å². The smallest absolute Gasteiger partial charge is 0.191 e. The summed E-state index contributed by atoms with van der Waals surface area (Å²) < 4.78 is 5.16. The molecule has 1 aromatic carbocycles. The van der Waals surface area contributed by atoms with Crippen LogP contribution >= 0.6 is 24.0 Å². The number of nitrogens with one attached hydrogen (secondary N) is 2. The van der Waals surface area contributed by atoms with Crippen LogP contribution in [0.2, 0.25) is 0 Å². The maximum atomic E-state index is 5.16. The van der Waals surface area contributed by atoms with Crippen molar-refractivity contribution in [3.8, 4) is 0 Å². The van der Waals surface area contributed by atoms with Crippen molar-refractivity contribution >= 4 is 29.9 Å². The maximum absolute atomic E-state index is 5.16. The third-order valence-electron chi connectivity index (χ3n) is 3.70. The highest BCUT2D eigenvalue weighted by molar-refractivity contribution is 14.0. The van der Waals surface area contributed by atoms with Gasteiger partial charge in [-0.25, -0.2) is 0 Å². The molecule has 0 unspecified atom stereocenters. The maximum Gasteiger partial charge on any atom is 0.191 e. The van der Waals surface area contributed by atoms with Gasteiger partial charge in [0.05, 0.1) is 6.61 Å². The fourth-order valence-corrected chi connectivity index (χ4v) is 2.22. The lowest BCUT2D eigenvalue weighted by atomic mass is 10.0. The summed E-state index contributed by atoms with van der Waals surface area (Å²) in [5.41, 5.74) is 2.42. The van der Waals surface area contributed by atoms with Crippen LogP contribution in [0.4, 0.5) is 0 Å². The van der Waals surface area contributed by atoms with Crippen LogP contribution in [0.1, 0.15) is 37.8 Å². The molecule has 0 radical (unpaired) electrons. The molecule has 0 aliphatic heterocycles. The highest BCUT2D eigenvalue weighted by Crippen LogP contribution is 2.07. The monoisotopic (exact) mass is 419 g/mol. The van der Waals surface area contributed by atoms with E-state index < -0.39 is 0 Å². The van der Waals surface area contributed by atoms with E-state index in [1.165, 1.54) is 24.0 Å². The molecule has 1 rings (SSSR count). The van der Waals surface area contributed by atoms with Gasteiger partial charge in [-0.1, -0.05) is 51.0 Å². The fraction of sp³-hybridized carbons (Fsp3) is 0.588. The molecule has 1 aromatic rings. The largest absolute Gasteiger partial charge is 0.380 e. The number of halogens is 1. The number of benzene rings is 1. The summed E-state index contributed by atoms with van der Waals surface area (Å²) >= 11 is 0. The van der Waals surface area contributed by atoms with Gasteiger partial charge in [0.1, 0.15) is 0 Å². The summed E-state index contributed by atoms with van der Waals surface area (Å²) in [5, 5.41) is 6.75. The Morgan fingerprint density at radius 1 is 1.18 bits per heavy atom. The molecule has 0 amide bonds. The zero-order chi connectivity index (χ0) is 15.5. The number of guanidine groups is 1. The van der Waals surface area contributed by atoms with E-state index in [-0.39, 0.29) is 24.0 Å². The number of aliphatic imine (C=N–C) groups is 1. The highest BCUT2D eigenvalue weighted by Gasteiger charge is 2.05. The van der Waals surface area contributed by atoms with Crippen molar-refractivity contribution in [2.45, 2.75) is 39.8 Å². The Balaban J connectivity index is 0.00000441. The molecule has 4 nitrogen and oxygen atoms in total. The summed E-state index contributed by atoms with van der Waals surface area (Å²) in [6.45, 7) is 6.84. The number of methoxy groups -OCH3 is 1. The molecule has 0 heterocycles. The second kappa shape index (κ2) is 12.7. The predicted octanol–water partition coefficient (Wildman–Crippen LogP) is 3.55. The lowest BCUT2D eigenvalue weighted by Crippen LogP contribution is -2.39. The van der Waals surface area contributed by atoms with Crippen LogP contribution in [0.15, 0.2) is 29.3 Å². The van der Waals surface area contributed by atoms with Crippen molar-refractivity contribution in [3.05, 3.63) is 35.4 Å². The second-order valence-electron chi connectivity index (χ2n) is 5.24. The molecule has 5 heteroatoms. The first kappa shape index (κ1) is 21.2. The molecule has 0 saturated heterocycles. The van der Waals surface area contributed by atoms with Crippen molar-refractivity contribution in [2.24, 2.45) is 10.9 Å². The van der Waals surface area contributed by atoms with Crippen molar-refractivity contribution in [2.75, 3.05) is 20.7 Å². The molecule has 0 saturated carbocycles. The topological polar surface area (TPSA) is 45.7 Å². The minimum absolute atomic E-state index is 0. The van der Waals surface area contributed by atoms with Gasteiger partial charge in [0, 0.05) is 27.2 Å². The fourth-order valence-electron chi connectivity index (χ4n) is 2.22. The van der Waals surface area contributed by atoms with Crippen LogP contribution in [0.25, 0.3) is 0 Å². The third-order valence-corrected chi connectivity index (χ3v) is 3.70. The van der Waals surface area contributed by atoms with Gasteiger partial charge in [0.15, 0.2) is 5.96 Å². The molecule has 0 aromatic heterocycles. The summed E-state index contributed by atoms with van der Waals surface area (Å²) in [6.07, 6.45) is 2.39. The first-order chi connectivity index (χ1) is 10.2. The van der Waals surface area contributed by atoms with Gasteiger partial charge in [-0.15, -0.1) is 24.0 Å². The first-order valence-electron chi connectivity index (χ1n) is 7.74. The van der Waals surface area contributed by atoms with Crippen LogP contribution in [0, 0.1) is 5.92 Å². The molecule has 126 valence electrons. The van der Waals surface area contributed by atoms with Crippen molar-refractivity contribution in [1.82, 2.24) is 10.6 Å². The average molecular weight is 419 g/mol. The molecule has 0 aliphatic carbocycles. The number of hydrogen-bond donors (Lipinski definition) is 2. The zero-order valence-electron chi connectivity index (χ0n) is 14.2. The van der Waals surface area contributed by atoms with Gasteiger partial charge in [-0.05, 0) is 17.0 Å². The average Bonchev–Trinajstić information content (AvgIpc) is 2.52. The third kappa shape index (κ3) is 7.98. The Bertz CT molecular complexity index is 434. The van der Waals surface area contributed by atoms with E-state index in [4.69, 9.17) is 4.74 Å². The van der Waals surface area contributed by atoms with Gasteiger partial charge < -0.3 is 15.4 Å². The second-order valence-corrected chi connectivity index (χ2v) is 5.24. The van der Waals surface area contributed by atoms with Gasteiger partial charge >= 0.3 is 0 Å². The van der Waals surface area contributed by atoms with Crippen LogP contribution in [-0.2, 0) is 17.9 Å². The summed E-state index contributed by atoms with van der Waals surface area (Å²) in [7, 11) is 3.53. The number of hydrogen-bond acceptors (Lipinski definition) is 2. The Kier molecular flexibility index (Phi) is 12.2. The van der Waals surface area contributed by atoms with Gasteiger partial charge in [-0.2, -0.15) is 0 Å². The first-order valence-corrected chi connectivity index (χ1v) is 7.74. The van der Waals surface area contributed by atoms with Crippen LogP contribution in [0.5, 0.6) is 0 Å². The minimum Gasteiger partial charge on any atom is -0.380 e.